The fourth-order valence-corrected chi connectivity index (χ4v) is 2.32. The molecule has 0 bridgehead atoms. The number of nitrogens with one attached hydrogen (secondary N) is 1. The Morgan fingerprint density at radius 2 is 2.25 bits per heavy atom. The molecule has 1 N–H and O–H groups in total. The number of benzene rings is 1. The van der Waals surface area contributed by atoms with Crippen LogP contribution in [0.25, 0.3) is 0 Å². The highest BCUT2D eigenvalue weighted by molar-refractivity contribution is 7.99. The first kappa shape index (κ1) is 13.6. The van der Waals surface area contributed by atoms with Crippen molar-refractivity contribution in [1.29, 1.82) is 0 Å². The summed E-state index contributed by atoms with van der Waals surface area (Å²) in [4.78, 5) is 1.35. The zero-order valence-electron chi connectivity index (χ0n) is 10.2. The zero-order valence-corrected chi connectivity index (χ0v) is 11.0. The topological polar surface area (TPSA) is 21.3 Å². The highest BCUT2D eigenvalue weighted by Crippen LogP contribution is 2.19. The molecule has 2 nitrogen and oxygen atoms in total. The second kappa shape index (κ2) is 8.62. The third kappa shape index (κ3) is 5.54. The van der Waals surface area contributed by atoms with Crippen LogP contribution in [0.15, 0.2) is 29.2 Å². The normalized spacial score (nSPS) is 10.6. The molecule has 0 aliphatic carbocycles. The van der Waals surface area contributed by atoms with Crippen molar-refractivity contribution in [2.45, 2.75) is 24.8 Å². The maximum absolute atomic E-state index is 5.03. The monoisotopic (exact) mass is 239 g/mol. The Kier molecular flexibility index (Phi) is 7.30. The predicted octanol–water partition coefficient (Wildman–Crippen LogP) is 2.92. The van der Waals surface area contributed by atoms with Crippen LogP contribution >= 0.6 is 11.8 Å². The van der Waals surface area contributed by atoms with E-state index in [1.165, 1.54) is 10.5 Å². The lowest BCUT2D eigenvalue weighted by Crippen LogP contribution is -2.11. The van der Waals surface area contributed by atoms with Crippen molar-refractivity contribution >= 4 is 11.8 Å². The molecule has 1 rings (SSSR count). The van der Waals surface area contributed by atoms with E-state index in [0.717, 1.165) is 31.9 Å². The Balaban J connectivity index is 2.35. The van der Waals surface area contributed by atoms with Crippen molar-refractivity contribution < 1.29 is 4.74 Å². The van der Waals surface area contributed by atoms with Gasteiger partial charge in [-0.15, -0.1) is 11.8 Å². The average Bonchev–Trinajstić information content (AvgIpc) is 2.33. The Morgan fingerprint density at radius 3 is 3.00 bits per heavy atom. The second-order valence-electron chi connectivity index (χ2n) is 3.62. The summed E-state index contributed by atoms with van der Waals surface area (Å²) < 4.78 is 5.03. The molecule has 0 aromatic heterocycles. The molecule has 0 fully saturated rings. The molecule has 0 radical (unpaired) electrons. The van der Waals surface area contributed by atoms with Gasteiger partial charge in [0, 0.05) is 30.9 Å². The van der Waals surface area contributed by atoms with Gasteiger partial charge in [-0.05, 0) is 30.7 Å². The van der Waals surface area contributed by atoms with Gasteiger partial charge in [0.05, 0.1) is 0 Å². The molecule has 0 unspecified atom stereocenters. The van der Waals surface area contributed by atoms with Crippen LogP contribution in [0.2, 0.25) is 0 Å². The predicted molar refractivity (Wildman–Crippen MR) is 71.0 cm³/mol. The Bertz CT molecular complexity index is 291. The molecule has 0 amide bonds. The number of ether oxygens (including phenoxy) is 1. The molecule has 0 spiro atoms. The van der Waals surface area contributed by atoms with Gasteiger partial charge in [0.2, 0.25) is 0 Å². The summed E-state index contributed by atoms with van der Waals surface area (Å²) in [5.41, 5.74) is 1.36. The molecular weight excluding hydrogens is 218 g/mol. The number of methoxy groups -OCH3 is 1. The summed E-state index contributed by atoms with van der Waals surface area (Å²) in [5.74, 6) is 1.12. The van der Waals surface area contributed by atoms with E-state index in [2.05, 4.69) is 36.5 Å². The molecule has 0 aliphatic rings. The van der Waals surface area contributed by atoms with E-state index in [1.807, 2.05) is 11.8 Å². The summed E-state index contributed by atoms with van der Waals surface area (Å²) in [5, 5.41) is 3.34. The lowest BCUT2D eigenvalue weighted by Gasteiger charge is -2.05. The standard InChI is InChI=1S/C13H21NOS/c1-3-14-11-12-6-4-7-13(10-12)16-9-5-8-15-2/h4,6-7,10,14H,3,5,8-9,11H2,1-2H3. The van der Waals surface area contributed by atoms with Crippen LogP contribution in [0.4, 0.5) is 0 Å². The van der Waals surface area contributed by atoms with E-state index in [0.29, 0.717) is 0 Å². The summed E-state index contributed by atoms with van der Waals surface area (Å²) in [6.07, 6.45) is 1.11. The van der Waals surface area contributed by atoms with Crippen molar-refractivity contribution in [3.8, 4) is 0 Å². The van der Waals surface area contributed by atoms with Crippen LogP contribution in [0.1, 0.15) is 18.9 Å². The van der Waals surface area contributed by atoms with E-state index < -0.39 is 0 Å². The van der Waals surface area contributed by atoms with Crippen LogP contribution in [-0.4, -0.2) is 26.0 Å². The molecular formula is C13H21NOS. The molecule has 0 aliphatic heterocycles. The molecule has 3 heteroatoms. The maximum Gasteiger partial charge on any atom is 0.0470 e. The zero-order chi connectivity index (χ0) is 11.6. The minimum Gasteiger partial charge on any atom is -0.385 e. The average molecular weight is 239 g/mol. The Labute approximate surface area is 103 Å². The highest BCUT2D eigenvalue weighted by atomic mass is 32.2. The molecule has 0 heterocycles. The van der Waals surface area contributed by atoms with Gasteiger partial charge in [-0.1, -0.05) is 19.1 Å². The first-order valence-electron chi connectivity index (χ1n) is 5.78. The van der Waals surface area contributed by atoms with Crippen molar-refractivity contribution in [3.05, 3.63) is 29.8 Å². The second-order valence-corrected chi connectivity index (χ2v) is 4.79. The Hall–Kier alpha value is -0.510. The molecule has 0 saturated carbocycles. The number of rotatable bonds is 8. The molecule has 0 atom stereocenters. The first-order chi connectivity index (χ1) is 7.86. The summed E-state index contributed by atoms with van der Waals surface area (Å²) in [6, 6.07) is 8.74. The summed E-state index contributed by atoms with van der Waals surface area (Å²) in [6.45, 7) is 4.96. The van der Waals surface area contributed by atoms with Crippen LogP contribution in [0.3, 0.4) is 0 Å². The summed E-state index contributed by atoms with van der Waals surface area (Å²) >= 11 is 1.90. The van der Waals surface area contributed by atoms with Gasteiger partial charge in [0.25, 0.3) is 0 Å². The van der Waals surface area contributed by atoms with E-state index in [-0.39, 0.29) is 0 Å². The van der Waals surface area contributed by atoms with Gasteiger partial charge in [-0.2, -0.15) is 0 Å². The van der Waals surface area contributed by atoms with Crippen molar-refractivity contribution in [1.82, 2.24) is 5.32 Å². The van der Waals surface area contributed by atoms with Gasteiger partial charge < -0.3 is 10.1 Å². The van der Waals surface area contributed by atoms with Gasteiger partial charge in [-0.25, -0.2) is 0 Å². The third-order valence-corrected chi connectivity index (χ3v) is 3.32. The fraction of sp³-hybridized carbons (Fsp3) is 0.538. The smallest absolute Gasteiger partial charge is 0.0470 e. The number of hydrogen-bond acceptors (Lipinski definition) is 3. The molecule has 16 heavy (non-hydrogen) atoms. The highest BCUT2D eigenvalue weighted by Gasteiger charge is 1.96. The van der Waals surface area contributed by atoms with Crippen LogP contribution in [0.5, 0.6) is 0 Å². The minimum absolute atomic E-state index is 0.851. The first-order valence-corrected chi connectivity index (χ1v) is 6.76. The van der Waals surface area contributed by atoms with Crippen LogP contribution < -0.4 is 5.32 Å². The van der Waals surface area contributed by atoms with Gasteiger partial charge in [0.1, 0.15) is 0 Å². The van der Waals surface area contributed by atoms with E-state index in [1.54, 1.807) is 7.11 Å². The SMILES string of the molecule is CCNCc1cccc(SCCCOC)c1. The fourth-order valence-electron chi connectivity index (χ4n) is 1.41. The number of hydrogen-bond donors (Lipinski definition) is 1. The van der Waals surface area contributed by atoms with Gasteiger partial charge >= 0.3 is 0 Å². The molecule has 0 saturated heterocycles. The number of thioether (sulfide) groups is 1. The van der Waals surface area contributed by atoms with E-state index in [9.17, 15) is 0 Å². The third-order valence-electron chi connectivity index (χ3n) is 2.24. The van der Waals surface area contributed by atoms with Crippen molar-refractivity contribution in [2.75, 3.05) is 26.0 Å². The quantitative estimate of drug-likeness (QED) is 0.557. The van der Waals surface area contributed by atoms with Gasteiger partial charge in [-0.3, -0.25) is 0 Å². The van der Waals surface area contributed by atoms with Crippen LogP contribution in [0, 0.1) is 0 Å². The van der Waals surface area contributed by atoms with Crippen molar-refractivity contribution in [3.63, 3.8) is 0 Å². The lowest BCUT2D eigenvalue weighted by molar-refractivity contribution is 0.200. The Morgan fingerprint density at radius 1 is 1.38 bits per heavy atom. The van der Waals surface area contributed by atoms with E-state index >= 15 is 0 Å². The van der Waals surface area contributed by atoms with Gasteiger partial charge in [0.15, 0.2) is 0 Å². The lowest BCUT2D eigenvalue weighted by atomic mass is 10.2. The minimum atomic E-state index is 0.851. The molecule has 1 aromatic carbocycles. The molecule has 90 valence electrons. The maximum atomic E-state index is 5.03. The van der Waals surface area contributed by atoms with Crippen molar-refractivity contribution in [2.24, 2.45) is 0 Å². The van der Waals surface area contributed by atoms with Crippen LogP contribution in [-0.2, 0) is 11.3 Å². The largest absolute Gasteiger partial charge is 0.385 e. The van der Waals surface area contributed by atoms with E-state index in [4.69, 9.17) is 4.74 Å². The summed E-state index contributed by atoms with van der Waals surface area (Å²) in [7, 11) is 1.75. The molecule has 1 aromatic rings.